The summed E-state index contributed by atoms with van der Waals surface area (Å²) in [4.78, 5) is 21.8. The van der Waals surface area contributed by atoms with Gasteiger partial charge < -0.3 is 15.1 Å². The maximum Gasteiger partial charge on any atom is 0.255 e. The number of aromatic nitrogens is 1. The molecular weight excluding hydrogens is 360 g/mol. The zero-order valence-corrected chi connectivity index (χ0v) is 15.9. The third-order valence-electron chi connectivity index (χ3n) is 4.91. The molecule has 5 nitrogen and oxygen atoms in total. The minimum atomic E-state index is -0.156. The molecule has 4 rings (SSSR count). The Hall–Kier alpha value is -2.63. The average Bonchev–Trinajstić information content (AvgIpc) is 2.69. The lowest BCUT2D eigenvalue weighted by molar-refractivity contribution is 0.102. The molecule has 27 heavy (non-hydrogen) atoms. The number of pyridine rings is 1. The van der Waals surface area contributed by atoms with Crippen molar-refractivity contribution in [2.75, 3.05) is 43.4 Å². The summed E-state index contributed by atoms with van der Waals surface area (Å²) in [6, 6.07) is 14.8. The Bertz CT molecular complexity index is 966. The van der Waals surface area contributed by atoms with Crippen LogP contribution in [-0.4, -0.2) is 49.0 Å². The molecule has 1 saturated heterocycles. The highest BCUT2D eigenvalue weighted by Gasteiger charge is 2.17. The molecule has 0 radical (unpaired) electrons. The Morgan fingerprint density at radius 2 is 1.78 bits per heavy atom. The molecule has 6 heteroatoms. The number of rotatable bonds is 3. The van der Waals surface area contributed by atoms with Crippen LogP contribution in [0.15, 0.2) is 54.7 Å². The lowest BCUT2D eigenvalue weighted by Gasteiger charge is -2.33. The quantitative estimate of drug-likeness (QED) is 0.748. The van der Waals surface area contributed by atoms with Crippen LogP contribution in [0.1, 0.15) is 10.4 Å². The SMILES string of the molecule is CN1CCN(c2nccc3ccc(NC(=O)c4ccc(Cl)cc4)cc23)CC1. The highest BCUT2D eigenvalue weighted by molar-refractivity contribution is 6.30. The van der Waals surface area contributed by atoms with Gasteiger partial charge in [0.1, 0.15) is 5.82 Å². The number of carbonyl (C=O) groups is 1. The second-order valence-electron chi connectivity index (χ2n) is 6.82. The van der Waals surface area contributed by atoms with Crippen molar-refractivity contribution in [1.82, 2.24) is 9.88 Å². The smallest absolute Gasteiger partial charge is 0.255 e. The maximum absolute atomic E-state index is 12.5. The number of hydrogen-bond acceptors (Lipinski definition) is 4. The summed E-state index contributed by atoms with van der Waals surface area (Å²) >= 11 is 5.90. The van der Waals surface area contributed by atoms with E-state index in [1.54, 1.807) is 24.3 Å². The summed E-state index contributed by atoms with van der Waals surface area (Å²) < 4.78 is 0. The van der Waals surface area contributed by atoms with Gasteiger partial charge in [0, 0.05) is 54.0 Å². The molecule has 0 spiro atoms. The first-order chi connectivity index (χ1) is 13.1. The maximum atomic E-state index is 12.5. The molecule has 0 saturated carbocycles. The van der Waals surface area contributed by atoms with E-state index < -0.39 is 0 Å². The summed E-state index contributed by atoms with van der Waals surface area (Å²) in [6.07, 6.45) is 1.85. The van der Waals surface area contributed by atoms with Gasteiger partial charge in [-0.05, 0) is 54.9 Å². The van der Waals surface area contributed by atoms with E-state index in [4.69, 9.17) is 11.6 Å². The van der Waals surface area contributed by atoms with E-state index in [0.717, 1.165) is 48.5 Å². The van der Waals surface area contributed by atoms with Crippen LogP contribution >= 0.6 is 11.6 Å². The van der Waals surface area contributed by atoms with E-state index in [-0.39, 0.29) is 5.91 Å². The van der Waals surface area contributed by atoms with Crippen LogP contribution in [0, 0.1) is 0 Å². The number of likely N-dealkylation sites (N-methyl/N-ethyl adjacent to an activating group) is 1. The number of fused-ring (bicyclic) bond motifs is 1. The van der Waals surface area contributed by atoms with Gasteiger partial charge >= 0.3 is 0 Å². The molecule has 0 bridgehead atoms. The second-order valence-corrected chi connectivity index (χ2v) is 7.26. The van der Waals surface area contributed by atoms with Crippen LogP contribution < -0.4 is 10.2 Å². The van der Waals surface area contributed by atoms with E-state index in [2.05, 4.69) is 27.1 Å². The summed E-state index contributed by atoms with van der Waals surface area (Å²) in [5.41, 5.74) is 1.33. The Balaban J connectivity index is 1.62. The highest BCUT2D eigenvalue weighted by atomic mass is 35.5. The number of halogens is 1. The number of nitrogens with zero attached hydrogens (tertiary/aromatic N) is 3. The van der Waals surface area contributed by atoms with Crippen LogP contribution in [0.25, 0.3) is 10.8 Å². The summed E-state index contributed by atoms with van der Waals surface area (Å²) in [5.74, 6) is 0.819. The Morgan fingerprint density at radius 1 is 1.04 bits per heavy atom. The fourth-order valence-electron chi connectivity index (χ4n) is 3.31. The predicted molar refractivity (Wildman–Crippen MR) is 111 cm³/mol. The first-order valence-electron chi connectivity index (χ1n) is 8.99. The van der Waals surface area contributed by atoms with Crippen LogP contribution in [0.5, 0.6) is 0 Å². The van der Waals surface area contributed by atoms with E-state index in [1.807, 2.05) is 30.5 Å². The molecule has 0 unspecified atom stereocenters. The number of benzene rings is 2. The summed E-state index contributed by atoms with van der Waals surface area (Å²) in [7, 11) is 2.14. The van der Waals surface area contributed by atoms with Gasteiger partial charge in [0.15, 0.2) is 0 Å². The van der Waals surface area contributed by atoms with Gasteiger partial charge in [-0.2, -0.15) is 0 Å². The lowest BCUT2D eigenvalue weighted by atomic mass is 10.1. The van der Waals surface area contributed by atoms with Crippen molar-refractivity contribution in [3.05, 3.63) is 65.3 Å². The monoisotopic (exact) mass is 380 g/mol. The van der Waals surface area contributed by atoms with Gasteiger partial charge in [0.05, 0.1) is 0 Å². The second kappa shape index (κ2) is 7.55. The first kappa shape index (κ1) is 17.8. The van der Waals surface area contributed by atoms with Gasteiger partial charge in [-0.1, -0.05) is 17.7 Å². The third kappa shape index (κ3) is 3.89. The van der Waals surface area contributed by atoms with Crippen molar-refractivity contribution in [3.63, 3.8) is 0 Å². The fourth-order valence-corrected chi connectivity index (χ4v) is 3.43. The number of piperazine rings is 1. The molecule has 138 valence electrons. The number of hydrogen-bond donors (Lipinski definition) is 1. The van der Waals surface area contributed by atoms with Crippen LogP contribution in [-0.2, 0) is 0 Å². The van der Waals surface area contributed by atoms with Crippen LogP contribution in [0.2, 0.25) is 5.02 Å². The molecule has 1 aromatic heterocycles. The largest absolute Gasteiger partial charge is 0.354 e. The summed E-state index contributed by atoms with van der Waals surface area (Å²) in [5, 5.41) is 5.75. The number of nitrogens with one attached hydrogen (secondary N) is 1. The van der Waals surface area contributed by atoms with Gasteiger partial charge in [0.25, 0.3) is 5.91 Å². The average molecular weight is 381 g/mol. The molecule has 1 aliphatic heterocycles. The predicted octanol–water partition coefficient (Wildman–Crippen LogP) is 3.89. The molecule has 3 aromatic rings. The molecule has 0 aliphatic carbocycles. The number of amides is 1. The minimum Gasteiger partial charge on any atom is -0.354 e. The van der Waals surface area contributed by atoms with Crippen LogP contribution in [0.3, 0.4) is 0 Å². The zero-order valence-electron chi connectivity index (χ0n) is 15.2. The Morgan fingerprint density at radius 3 is 2.52 bits per heavy atom. The number of anilines is 2. The van der Waals surface area contributed by atoms with Gasteiger partial charge in [-0.3, -0.25) is 4.79 Å². The fraction of sp³-hybridized carbons (Fsp3) is 0.238. The minimum absolute atomic E-state index is 0.156. The van der Waals surface area contributed by atoms with Gasteiger partial charge in [-0.15, -0.1) is 0 Å². The Kier molecular flexibility index (Phi) is 4.97. The topological polar surface area (TPSA) is 48.5 Å². The van der Waals surface area contributed by atoms with Crippen molar-refractivity contribution in [2.45, 2.75) is 0 Å². The van der Waals surface area contributed by atoms with E-state index in [1.165, 1.54) is 0 Å². The van der Waals surface area contributed by atoms with Gasteiger partial charge in [0.2, 0.25) is 0 Å². The highest BCUT2D eigenvalue weighted by Crippen LogP contribution is 2.28. The summed E-state index contributed by atoms with van der Waals surface area (Å²) in [6.45, 7) is 3.93. The normalized spacial score (nSPS) is 15.1. The molecule has 1 fully saturated rings. The van der Waals surface area contributed by atoms with Crippen molar-refractivity contribution in [1.29, 1.82) is 0 Å². The van der Waals surface area contributed by atoms with Crippen molar-refractivity contribution in [3.8, 4) is 0 Å². The molecule has 2 heterocycles. The van der Waals surface area contributed by atoms with E-state index in [0.29, 0.717) is 10.6 Å². The van der Waals surface area contributed by atoms with Crippen LogP contribution in [0.4, 0.5) is 11.5 Å². The van der Waals surface area contributed by atoms with Crippen molar-refractivity contribution >= 4 is 39.8 Å². The van der Waals surface area contributed by atoms with E-state index in [9.17, 15) is 4.79 Å². The number of carbonyl (C=O) groups excluding carboxylic acids is 1. The zero-order chi connectivity index (χ0) is 18.8. The third-order valence-corrected chi connectivity index (χ3v) is 5.16. The molecule has 1 N–H and O–H groups in total. The molecular formula is C21H21ClN4O. The molecule has 1 amide bonds. The van der Waals surface area contributed by atoms with Crippen molar-refractivity contribution in [2.24, 2.45) is 0 Å². The molecule has 2 aromatic carbocycles. The van der Waals surface area contributed by atoms with E-state index >= 15 is 0 Å². The lowest BCUT2D eigenvalue weighted by Crippen LogP contribution is -2.44. The Labute approximate surface area is 163 Å². The van der Waals surface area contributed by atoms with Gasteiger partial charge in [-0.25, -0.2) is 4.98 Å². The first-order valence-corrected chi connectivity index (χ1v) is 9.37. The molecule has 0 atom stereocenters. The standard InChI is InChI=1S/C21H21ClN4O/c1-25-10-12-26(13-11-25)20-19-14-18(7-4-15(19)8-9-23-20)24-21(27)16-2-5-17(22)6-3-16/h2-9,14H,10-13H2,1H3,(H,24,27). The van der Waals surface area contributed by atoms with Crippen molar-refractivity contribution < 1.29 is 4.79 Å². The molecule has 1 aliphatic rings.